The fourth-order valence-corrected chi connectivity index (χ4v) is 1.31. The van der Waals surface area contributed by atoms with Gasteiger partial charge in [0.2, 0.25) is 0 Å². The molecule has 0 aromatic heterocycles. The van der Waals surface area contributed by atoms with Gasteiger partial charge < -0.3 is 9.64 Å². The lowest BCUT2D eigenvalue weighted by Crippen LogP contribution is -2.36. The van der Waals surface area contributed by atoms with Crippen molar-refractivity contribution in [2.75, 3.05) is 27.2 Å². The van der Waals surface area contributed by atoms with E-state index in [0.29, 0.717) is 6.10 Å². The third kappa shape index (κ3) is 8.26. The van der Waals surface area contributed by atoms with Crippen LogP contribution in [-0.4, -0.2) is 38.3 Å². The van der Waals surface area contributed by atoms with Crippen molar-refractivity contribution in [3.8, 4) is 0 Å². The van der Waals surface area contributed by atoms with Crippen molar-refractivity contribution in [2.45, 2.75) is 46.6 Å². The summed E-state index contributed by atoms with van der Waals surface area (Å²) in [6, 6.07) is 0. The predicted octanol–water partition coefficient (Wildman–Crippen LogP) is 2.78. The van der Waals surface area contributed by atoms with Gasteiger partial charge in [0.15, 0.2) is 0 Å². The highest BCUT2D eigenvalue weighted by Gasteiger charge is 2.15. The summed E-state index contributed by atoms with van der Waals surface area (Å²) in [4.78, 5) is 2.32. The number of hydrogen-bond acceptors (Lipinski definition) is 2. The molecule has 1 rings (SSSR count). The highest BCUT2D eigenvalue weighted by Crippen LogP contribution is 2.09. The van der Waals surface area contributed by atoms with Gasteiger partial charge in [-0.2, -0.15) is 0 Å². The molecule has 0 saturated carbocycles. The van der Waals surface area contributed by atoms with Crippen molar-refractivity contribution >= 4 is 0 Å². The van der Waals surface area contributed by atoms with Gasteiger partial charge in [-0.1, -0.05) is 27.7 Å². The molecule has 1 aliphatic rings. The number of likely N-dealkylation sites (tertiary alicyclic amines) is 1. The zero-order chi connectivity index (χ0) is 10.7. The molecule has 0 aromatic carbocycles. The monoisotopic (exact) mass is 189 g/mol. The maximum Gasteiger partial charge on any atom is 0.0698 e. The number of hydrogen-bond donors (Lipinski definition) is 0. The largest absolute Gasteiger partial charge is 0.380 e. The molecule has 13 heavy (non-hydrogen) atoms. The normalized spacial score (nSPS) is 22.2. The van der Waals surface area contributed by atoms with Gasteiger partial charge in [-0.05, 0) is 26.4 Å². The molecule has 1 heterocycles. The molecule has 1 fully saturated rings. The molecule has 0 bridgehead atoms. The standard InChI is InChI=1S/C7H15NO.2C2H6/c1-8-5-3-4-7(6-8)9-2;2*1-2/h7H,3-6H2,1-2H3;2*1-2H3. The van der Waals surface area contributed by atoms with E-state index >= 15 is 0 Å². The van der Waals surface area contributed by atoms with Crippen LogP contribution in [0.1, 0.15) is 40.5 Å². The average Bonchev–Trinajstić information content (AvgIpc) is 2.24. The number of nitrogens with zero attached hydrogens (tertiary/aromatic N) is 1. The van der Waals surface area contributed by atoms with E-state index in [-0.39, 0.29) is 0 Å². The highest BCUT2D eigenvalue weighted by atomic mass is 16.5. The molecule has 0 spiro atoms. The van der Waals surface area contributed by atoms with Crippen molar-refractivity contribution in [3.63, 3.8) is 0 Å². The Bertz CT molecular complexity index is 86.2. The smallest absolute Gasteiger partial charge is 0.0698 e. The number of methoxy groups -OCH3 is 1. The Morgan fingerprint density at radius 1 is 1.15 bits per heavy atom. The van der Waals surface area contributed by atoms with Crippen molar-refractivity contribution in [2.24, 2.45) is 0 Å². The zero-order valence-corrected chi connectivity index (χ0v) is 10.3. The van der Waals surface area contributed by atoms with Gasteiger partial charge in [0.05, 0.1) is 6.10 Å². The summed E-state index contributed by atoms with van der Waals surface area (Å²) in [7, 11) is 3.94. The summed E-state index contributed by atoms with van der Waals surface area (Å²) in [6.07, 6.45) is 3.01. The van der Waals surface area contributed by atoms with Crippen molar-refractivity contribution in [1.82, 2.24) is 4.90 Å². The van der Waals surface area contributed by atoms with Crippen molar-refractivity contribution in [3.05, 3.63) is 0 Å². The first kappa shape index (κ1) is 15.4. The van der Waals surface area contributed by atoms with E-state index in [1.807, 2.05) is 27.7 Å². The molecule has 1 aliphatic heterocycles. The van der Waals surface area contributed by atoms with Crippen LogP contribution >= 0.6 is 0 Å². The molecule has 2 heteroatoms. The van der Waals surface area contributed by atoms with Gasteiger partial charge in [0.1, 0.15) is 0 Å². The van der Waals surface area contributed by atoms with Crippen LogP contribution in [0.15, 0.2) is 0 Å². The molecule has 2 nitrogen and oxygen atoms in total. The lowest BCUT2D eigenvalue weighted by atomic mass is 10.1. The van der Waals surface area contributed by atoms with Crippen LogP contribution in [0.4, 0.5) is 0 Å². The third-order valence-electron chi connectivity index (χ3n) is 1.91. The number of ether oxygens (including phenoxy) is 1. The Balaban J connectivity index is 0. The second kappa shape index (κ2) is 11.9. The first-order valence-electron chi connectivity index (χ1n) is 5.54. The Morgan fingerprint density at radius 2 is 1.69 bits per heavy atom. The molecule has 0 N–H and O–H groups in total. The fourth-order valence-electron chi connectivity index (χ4n) is 1.31. The first-order valence-corrected chi connectivity index (χ1v) is 5.54. The van der Waals surface area contributed by atoms with Gasteiger partial charge in [-0.25, -0.2) is 0 Å². The molecular formula is C11H27NO. The molecule has 0 amide bonds. The van der Waals surface area contributed by atoms with Gasteiger partial charge >= 0.3 is 0 Å². The third-order valence-corrected chi connectivity index (χ3v) is 1.91. The van der Waals surface area contributed by atoms with Crippen molar-refractivity contribution in [1.29, 1.82) is 0 Å². The summed E-state index contributed by atoms with van der Waals surface area (Å²) in [5, 5.41) is 0. The van der Waals surface area contributed by atoms with Crippen LogP contribution in [0, 0.1) is 0 Å². The van der Waals surface area contributed by atoms with Gasteiger partial charge in [0, 0.05) is 13.7 Å². The van der Waals surface area contributed by atoms with Gasteiger partial charge in [0.25, 0.3) is 0 Å². The lowest BCUT2D eigenvalue weighted by Gasteiger charge is -2.28. The molecule has 0 aliphatic carbocycles. The maximum atomic E-state index is 5.22. The second-order valence-electron chi connectivity index (χ2n) is 2.76. The van der Waals surface area contributed by atoms with Crippen LogP contribution in [0.5, 0.6) is 0 Å². The average molecular weight is 189 g/mol. The van der Waals surface area contributed by atoms with E-state index in [9.17, 15) is 0 Å². The summed E-state index contributed by atoms with van der Waals surface area (Å²) in [5.41, 5.74) is 0. The highest BCUT2D eigenvalue weighted by molar-refractivity contribution is 4.69. The Labute approximate surface area is 84.3 Å². The van der Waals surface area contributed by atoms with Crippen LogP contribution < -0.4 is 0 Å². The second-order valence-corrected chi connectivity index (χ2v) is 2.76. The number of likely N-dealkylation sites (N-methyl/N-ethyl adjacent to an activating group) is 1. The van der Waals surface area contributed by atoms with E-state index in [4.69, 9.17) is 4.74 Å². The molecule has 0 aromatic rings. The summed E-state index contributed by atoms with van der Waals surface area (Å²) in [5.74, 6) is 0. The molecule has 1 unspecified atom stereocenters. The van der Waals surface area contributed by atoms with E-state index in [2.05, 4.69) is 11.9 Å². The van der Waals surface area contributed by atoms with Crippen LogP contribution in [0.25, 0.3) is 0 Å². The van der Waals surface area contributed by atoms with E-state index in [1.165, 1.54) is 19.4 Å². The summed E-state index contributed by atoms with van der Waals surface area (Å²) >= 11 is 0. The Kier molecular flexibility index (Phi) is 14.1. The van der Waals surface area contributed by atoms with Crippen LogP contribution in [-0.2, 0) is 4.74 Å². The minimum atomic E-state index is 0.490. The van der Waals surface area contributed by atoms with Crippen molar-refractivity contribution < 1.29 is 4.74 Å². The minimum Gasteiger partial charge on any atom is -0.380 e. The van der Waals surface area contributed by atoms with Crippen LogP contribution in [0.2, 0.25) is 0 Å². The summed E-state index contributed by atoms with van der Waals surface area (Å²) < 4.78 is 5.22. The molecular weight excluding hydrogens is 162 g/mol. The van der Waals surface area contributed by atoms with E-state index in [1.54, 1.807) is 7.11 Å². The molecule has 1 saturated heterocycles. The zero-order valence-electron chi connectivity index (χ0n) is 10.3. The van der Waals surface area contributed by atoms with Gasteiger partial charge in [-0.3, -0.25) is 0 Å². The minimum absolute atomic E-state index is 0.490. The molecule has 82 valence electrons. The fraction of sp³-hybridized carbons (Fsp3) is 1.00. The van der Waals surface area contributed by atoms with Crippen LogP contribution in [0.3, 0.4) is 0 Å². The number of rotatable bonds is 1. The summed E-state index contributed by atoms with van der Waals surface area (Å²) in [6.45, 7) is 10.3. The number of piperidine rings is 1. The molecule has 1 atom stereocenters. The Hall–Kier alpha value is -0.0800. The quantitative estimate of drug-likeness (QED) is 0.629. The Morgan fingerprint density at radius 3 is 2.00 bits per heavy atom. The predicted molar refractivity (Wildman–Crippen MR) is 60.2 cm³/mol. The maximum absolute atomic E-state index is 5.22. The van der Waals surface area contributed by atoms with E-state index in [0.717, 1.165) is 6.54 Å². The molecule has 0 radical (unpaired) electrons. The topological polar surface area (TPSA) is 12.5 Å². The first-order chi connectivity index (χ1) is 6.33. The lowest BCUT2D eigenvalue weighted by molar-refractivity contribution is 0.0408. The van der Waals surface area contributed by atoms with E-state index < -0.39 is 0 Å². The van der Waals surface area contributed by atoms with Gasteiger partial charge in [-0.15, -0.1) is 0 Å². The SMILES string of the molecule is CC.CC.COC1CCCN(C)C1.